The van der Waals surface area contributed by atoms with Crippen LogP contribution in [0, 0.1) is 12.8 Å². The van der Waals surface area contributed by atoms with Gasteiger partial charge in [-0.15, -0.1) is 0 Å². The molecule has 1 unspecified atom stereocenters. The smallest absolute Gasteiger partial charge is 0.316 e. The lowest BCUT2D eigenvalue weighted by molar-refractivity contribution is -0.152. The first kappa shape index (κ1) is 19.7. The van der Waals surface area contributed by atoms with E-state index in [1.54, 1.807) is 13.1 Å². The highest BCUT2D eigenvalue weighted by Crippen LogP contribution is 2.28. The van der Waals surface area contributed by atoms with Gasteiger partial charge in [0, 0.05) is 24.1 Å². The number of Topliss-reactive ketones (excluding diaryl/α,β-unsaturated/α-hetero) is 1. The van der Waals surface area contributed by atoms with Crippen LogP contribution >= 0.6 is 0 Å². The zero-order valence-corrected chi connectivity index (χ0v) is 16.2. The molecule has 0 amide bonds. The van der Waals surface area contributed by atoms with Crippen molar-refractivity contribution in [2.75, 3.05) is 26.1 Å². The van der Waals surface area contributed by atoms with Crippen LogP contribution in [-0.4, -0.2) is 42.0 Å². The van der Waals surface area contributed by atoms with Gasteiger partial charge >= 0.3 is 5.97 Å². The summed E-state index contributed by atoms with van der Waals surface area (Å²) in [6, 6.07) is 7.84. The summed E-state index contributed by atoms with van der Waals surface area (Å²) in [7, 11) is 1.42. The average Bonchev–Trinajstić information content (AvgIpc) is 2.66. The molecule has 7 heteroatoms. The number of rotatable bonds is 7. The predicted octanol–water partition coefficient (Wildman–Crippen LogP) is 2.61. The number of benzene rings is 1. The number of pyridine rings is 2. The van der Waals surface area contributed by atoms with Gasteiger partial charge in [-0.2, -0.15) is 0 Å². The van der Waals surface area contributed by atoms with Crippen LogP contribution < -0.4 is 5.73 Å². The van der Waals surface area contributed by atoms with Gasteiger partial charge in [0.1, 0.15) is 18.0 Å². The van der Waals surface area contributed by atoms with Crippen molar-refractivity contribution in [1.82, 2.24) is 9.97 Å². The first-order valence-corrected chi connectivity index (χ1v) is 9.07. The zero-order valence-electron chi connectivity index (χ0n) is 16.2. The van der Waals surface area contributed by atoms with Crippen LogP contribution in [0.15, 0.2) is 30.5 Å². The second kappa shape index (κ2) is 8.31. The van der Waals surface area contributed by atoms with E-state index in [-0.39, 0.29) is 25.4 Å². The number of carbonyl (C=O) groups is 2. The summed E-state index contributed by atoms with van der Waals surface area (Å²) in [5.41, 5.74) is 9.27. The van der Waals surface area contributed by atoms with E-state index in [2.05, 4.69) is 9.97 Å². The van der Waals surface area contributed by atoms with Crippen molar-refractivity contribution in [2.45, 2.75) is 20.3 Å². The van der Waals surface area contributed by atoms with Gasteiger partial charge in [0.15, 0.2) is 11.6 Å². The maximum atomic E-state index is 12.4. The Bertz CT molecular complexity index is 1030. The minimum Gasteiger partial charge on any atom is -0.465 e. The van der Waals surface area contributed by atoms with Crippen molar-refractivity contribution in [3.63, 3.8) is 0 Å². The van der Waals surface area contributed by atoms with Gasteiger partial charge in [0.2, 0.25) is 0 Å². The van der Waals surface area contributed by atoms with Crippen molar-refractivity contribution in [2.24, 2.45) is 5.92 Å². The predicted molar refractivity (Wildman–Crippen MR) is 107 cm³/mol. The third-order valence-electron chi connectivity index (χ3n) is 4.56. The average molecular weight is 381 g/mol. The summed E-state index contributed by atoms with van der Waals surface area (Å²) in [5, 5.41) is 1.75. The first-order valence-electron chi connectivity index (χ1n) is 9.07. The maximum absolute atomic E-state index is 12.4. The number of hydrogen-bond acceptors (Lipinski definition) is 7. The van der Waals surface area contributed by atoms with Crippen molar-refractivity contribution in [3.8, 4) is 0 Å². The molecule has 3 rings (SSSR count). The maximum Gasteiger partial charge on any atom is 0.316 e. The lowest BCUT2D eigenvalue weighted by Crippen LogP contribution is -2.30. The van der Waals surface area contributed by atoms with Crippen LogP contribution in [0.1, 0.15) is 18.1 Å². The number of ketones is 1. The van der Waals surface area contributed by atoms with Crippen LogP contribution in [0.2, 0.25) is 0 Å². The summed E-state index contributed by atoms with van der Waals surface area (Å²) in [5.74, 6) is -1.47. The molecule has 0 saturated heterocycles. The molecule has 0 spiro atoms. The SMILES string of the molecule is CCOC(=O)C(Cc1cnc2c(N)nc3cc(C)ccc3c2c1)C(=O)COC. The number of aromatic nitrogens is 2. The molecule has 0 fully saturated rings. The van der Waals surface area contributed by atoms with Gasteiger partial charge in [0.25, 0.3) is 0 Å². The Morgan fingerprint density at radius 1 is 1.21 bits per heavy atom. The molecular formula is C21H23N3O4. The van der Waals surface area contributed by atoms with Crippen molar-refractivity contribution < 1.29 is 19.1 Å². The second-order valence-corrected chi connectivity index (χ2v) is 6.67. The van der Waals surface area contributed by atoms with Crippen LogP contribution in [0.4, 0.5) is 5.82 Å². The lowest BCUT2D eigenvalue weighted by Gasteiger charge is -2.15. The zero-order chi connectivity index (χ0) is 20.3. The number of nitrogen functional groups attached to an aromatic ring is 1. The number of anilines is 1. The molecule has 1 atom stereocenters. The van der Waals surface area contributed by atoms with E-state index in [0.717, 1.165) is 27.4 Å². The second-order valence-electron chi connectivity index (χ2n) is 6.67. The molecule has 0 aliphatic rings. The molecule has 1 aromatic carbocycles. The monoisotopic (exact) mass is 381 g/mol. The molecule has 146 valence electrons. The number of ether oxygens (including phenoxy) is 2. The Balaban J connectivity index is 2.05. The molecule has 2 heterocycles. The third-order valence-corrected chi connectivity index (χ3v) is 4.56. The van der Waals surface area contributed by atoms with Crippen LogP contribution in [0.5, 0.6) is 0 Å². The minimum absolute atomic E-state index is 0.149. The van der Waals surface area contributed by atoms with Crippen molar-refractivity contribution in [1.29, 1.82) is 0 Å². The molecule has 2 N–H and O–H groups in total. The number of nitrogens with two attached hydrogens (primary N) is 1. The standard InChI is InChI=1S/C21H23N3O4/c1-4-28-21(26)16(18(25)11-27-3)9-13-8-15-14-6-5-12(2)7-17(14)24-20(22)19(15)23-10-13/h5-8,10,16H,4,9,11H2,1-3H3,(H2,22,24). The van der Waals surface area contributed by atoms with Crippen LogP contribution in [0.25, 0.3) is 21.8 Å². The molecule has 0 aliphatic heterocycles. The topological polar surface area (TPSA) is 104 Å². The molecular weight excluding hydrogens is 358 g/mol. The van der Waals surface area contributed by atoms with E-state index in [9.17, 15) is 9.59 Å². The summed E-state index contributed by atoms with van der Waals surface area (Å²) in [6.07, 6.45) is 1.80. The molecule has 2 aromatic heterocycles. The summed E-state index contributed by atoms with van der Waals surface area (Å²) in [4.78, 5) is 33.5. The van der Waals surface area contributed by atoms with Crippen molar-refractivity contribution in [3.05, 3.63) is 41.6 Å². The van der Waals surface area contributed by atoms with Gasteiger partial charge in [-0.05, 0) is 43.5 Å². The van der Waals surface area contributed by atoms with E-state index < -0.39 is 11.9 Å². The minimum atomic E-state index is -0.938. The number of aryl methyl sites for hydroxylation is 1. The fourth-order valence-corrected chi connectivity index (χ4v) is 3.22. The number of carbonyl (C=O) groups excluding carboxylic acids is 2. The Kier molecular flexibility index (Phi) is 5.84. The number of esters is 1. The number of nitrogens with zero attached hydrogens (tertiary/aromatic N) is 2. The molecule has 0 saturated carbocycles. The van der Waals surface area contributed by atoms with Gasteiger partial charge in [-0.3, -0.25) is 14.6 Å². The van der Waals surface area contributed by atoms with Gasteiger partial charge < -0.3 is 15.2 Å². The van der Waals surface area contributed by atoms with Gasteiger partial charge in [-0.1, -0.05) is 12.1 Å². The highest BCUT2D eigenvalue weighted by atomic mass is 16.5. The summed E-state index contributed by atoms with van der Waals surface area (Å²) < 4.78 is 9.98. The summed E-state index contributed by atoms with van der Waals surface area (Å²) in [6.45, 7) is 3.75. The van der Waals surface area contributed by atoms with E-state index in [1.807, 2.05) is 31.2 Å². The molecule has 0 radical (unpaired) electrons. The molecule has 0 aliphatic carbocycles. The highest BCUT2D eigenvalue weighted by Gasteiger charge is 2.28. The quantitative estimate of drug-likeness (QED) is 0.381. The molecule has 28 heavy (non-hydrogen) atoms. The third kappa shape index (κ3) is 3.94. The molecule has 7 nitrogen and oxygen atoms in total. The Morgan fingerprint density at radius 2 is 2.00 bits per heavy atom. The number of hydrogen-bond donors (Lipinski definition) is 1. The van der Waals surface area contributed by atoms with Crippen molar-refractivity contribution >= 4 is 39.4 Å². The Hall–Kier alpha value is -3.06. The van der Waals surface area contributed by atoms with E-state index >= 15 is 0 Å². The fourth-order valence-electron chi connectivity index (χ4n) is 3.22. The largest absolute Gasteiger partial charge is 0.465 e. The van der Waals surface area contributed by atoms with Crippen LogP contribution in [0.3, 0.4) is 0 Å². The highest BCUT2D eigenvalue weighted by molar-refractivity contribution is 6.08. The Morgan fingerprint density at radius 3 is 2.71 bits per heavy atom. The van der Waals surface area contributed by atoms with Gasteiger partial charge in [0.05, 0.1) is 12.1 Å². The molecule has 0 bridgehead atoms. The Labute approximate surface area is 162 Å². The van der Waals surface area contributed by atoms with E-state index in [0.29, 0.717) is 11.3 Å². The van der Waals surface area contributed by atoms with Crippen LogP contribution in [-0.2, 0) is 25.5 Å². The normalized spacial score (nSPS) is 12.2. The number of fused-ring (bicyclic) bond motifs is 3. The fraction of sp³-hybridized carbons (Fsp3) is 0.333. The van der Waals surface area contributed by atoms with E-state index in [1.165, 1.54) is 7.11 Å². The first-order chi connectivity index (χ1) is 13.4. The van der Waals surface area contributed by atoms with E-state index in [4.69, 9.17) is 15.2 Å². The number of methoxy groups -OCH3 is 1. The lowest BCUT2D eigenvalue weighted by atomic mass is 9.95. The summed E-state index contributed by atoms with van der Waals surface area (Å²) >= 11 is 0. The molecule has 3 aromatic rings. The van der Waals surface area contributed by atoms with Gasteiger partial charge in [-0.25, -0.2) is 4.98 Å².